The van der Waals surface area contributed by atoms with E-state index in [-0.39, 0.29) is 11.6 Å². The molecule has 0 bridgehead atoms. The molecule has 0 unspecified atom stereocenters. The maximum absolute atomic E-state index is 12.8. The minimum absolute atomic E-state index is 0.232. The molecular weight excluding hydrogens is 382 g/mol. The number of nitrogens with zero attached hydrogens (tertiary/aromatic N) is 2. The molecule has 1 N–H and O–H groups in total. The Morgan fingerprint density at radius 1 is 1.10 bits per heavy atom. The fraction of sp³-hybridized carbons (Fsp3) is 0.261. The van der Waals surface area contributed by atoms with Crippen molar-refractivity contribution in [3.8, 4) is 17.0 Å². The zero-order chi connectivity index (χ0) is 21.1. The summed E-state index contributed by atoms with van der Waals surface area (Å²) in [6.45, 7) is 6.63. The van der Waals surface area contributed by atoms with E-state index in [1.807, 2.05) is 56.3 Å². The van der Waals surface area contributed by atoms with Gasteiger partial charge in [-0.25, -0.2) is 4.63 Å². The van der Waals surface area contributed by atoms with E-state index in [0.717, 1.165) is 40.7 Å². The first kappa shape index (κ1) is 19.7. The molecule has 0 saturated heterocycles. The van der Waals surface area contributed by atoms with Crippen LogP contribution >= 0.6 is 0 Å². The van der Waals surface area contributed by atoms with Crippen LogP contribution in [-0.2, 0) is 0 Å². The fourth-order valence-corrected chi connectivity index (χ4v) is 3.22. The molecule has 2 heterocycles. The third-order valence-electron chi connectivity index (χ3n) is 4.91. The molecule has 0 aliphatic carbocycles. The van der Waals surface area contributed by atoms with Crippen molar-refractivity contribution in [1.29, 1.82) is 0 Å². The van der Waals surface area contributed by atoms with Crippen LogP contribution in [0.3, 0.4) is 0 Å². The maximum Gasteiger partial charge on any atom is 0.292 e. The van der Waals surface area contributed by atoms with Gasteiger partial charge >= 0.3 is 0 Å². The van der Waals surface area contributed by atoms with Gasteiger partial charge in [0.15, 0.2) is 11.5 Å². The first-order valence-corrected chi connectivity index (χ1v) is 9.93. The Balaban J connectivity index is 1.54. The van der Waals surface area contributed by atoms with E-state index in [9.17, 15) is 4.79 Å². The summed E-state index contributed by atoms with van der Waals surface area (Å²) < 4.78 is 16.3. The molecule has 0 aliphatic rings. The van der Waals surface area contributed by atoms with Gasteiger partial charge in [0.25, 0.3) is 5.91 Å². The van der Waals surface area contributed by atoms with Crippen LogP contribution in [-0.4, -0.2) is 22.8 Å². The number of amides is 1. The third-order valence-corrected chi connectivity index (χ3v) is 4.91. The van der Waals surface area contributed by atoms with Gasteiger partial charge in [-0.3, -0.25) is 10.1 Å². The van der Waals surface area contributed by atoms with Crippen molar-refractivity contribution >= 4 is 22.7 Å². The number of fused-ring (bicyclic) bond motifs is 1. The largest absolute Gasteiger partial charge is 0.494 e. The number of hydrogen-bond acceptors (Lipinski definition) is 6. The molecule has 0 aliphatic heterocycles. The molecule has 0 radical (unpaired) electrons. The highest BCUT2D eigenvalue weighted by molar-refractivity contribution is 6.07. The summed E-state index contributed by atoms with van der Waals surface area (Å²) >= 11 is 0. The molecule has 2 aromatic carbocycles. The zero-order valence-corrected chi connectivity index (χ0v) is 17.2. The van der Waals surface area contributed by atoms with Crippen molar-refractivity contribution in [1.82, 2.24) is 10.3 Å². The lowest BCUT2D eigenvalue weighted by molar-refractivity contribution is 0.0997. The highest BCUT2D eigenvalue weighted by atomic mass is 16.6. The van der Waals surface area contributed by atoms with E-state index in [1.165, 1.54) is 0 Å². The first-order chi connectivity index (χ1) is 14.6. The van der Waals surface area contributed by atoms with Crippen LogP contribution in [0.4, 0.5) is 5.82 Å². The summed E-state index contributed by atoms with van der Waals surface area (Å²) in [5.74, 6) is 0.847. The molecule has 154 valence electrons. The topological polar surface area (TPSA) is 90.4 Å². The Labute approximate surface area is 174 Å². The van der Waals surface area contributed by atoms with Gasteiger partial charge in [-0.15, -0.1) is 0 Å². The normalized spacial score (nSPS) is 11.0. The molecule has 7 heteroatoms. The number of rotatable bonds is 7. The smallest absolute Gasteiger partial charge is 0.292 e. The number of aryl methyl sites for hydroxylation is 2. The van der Waals surface area contributed by atoms with Gasteiger partial charge in [0.2, 0.25) is 5.82 Å². The van der Waals surface area contributed by atoms with Gasteiger partial charge < -0.3 is 9.15 Å². The molecule has 30 heavy (non-hydrogen) atoms. The Bertz CT molecular complexity index is 1180. The molecule has 0 spiro atoms. The van der Waals surface area contributed by atoms with Crippen LogP contribution in [0.2, 0.25) is 0 Å². The summed E-state index contributed by atoms with van der Waals surface area (Å²) in [5, 5.41) is 11.4. The summed E-state index contributed by atoms with van der Waals surface area (Å²) in [6.07, 6.45) is 2.09. The Morgan fingerprint density at radius 2 is 1.90 bits per heavy atom. The number of nitrogens with one attached hydrogen (secondary N) is 1. The standard InChI is InChI=1S/C23H23N3O4/c1-4-5-12-28-17-9-7-16(8-10-17)20-22(26-30-25-20)24-23(27)21-15(3)18-11-6-14(2)13-19(18)29-21/h6-11,13H,4-5,12H2,1-3H3,(H,24,26,27). The number of carbonyl (C=O) groups excluding carboxylic acids is 1. The first-order valence-electron chi connectivity index (χ1n) is 9.93. The minimum Gasteiger partial charge on any atom is -0.494 e. The second kappa shape index (κ2) is 8.41. The lowest BCUT2D eigenvalue weighted by Gasteiger charge is -2.06. The number of ether oxygens (including phenoxy) is 1. The predicted octanol–water partition coefficient (Wildman–Crippen LogP) is 5.53. The van der Waals surface area contributed by atoms with Gasteiger partial charge in [-0.1, -0.05) is 25.5 Å². The molecule has 0 saturated carbocycles. The predicted molar refractivity (Wildman–Crippen MR) is 114 cm³/mol. The SMILES string of the molecule is CCCCOc1ccc(-c2nonc2NC(=O)c2oc3cc(C)ccc3c2C)cc1. The molecule has 4 aromatic rings. The summed E-state index contributed by atoms with van der Waals surface area (Å²) in [7, 11) is 0. The van der Waals surface area contributed by atoms with E-state index >= 15 is 0 Å². The quantitative estimate of drug-likeness (QED) is 0.407. The van der Waals surface area contributed by atoms with E-state index in [1.54, 1.807) is 0 Å². The van der Waals surface area contributed by atoms with Crippen molar-refractivity contribution in [2.75, 3.05) is 11.9 Å². The number of unbranched alkanes of at least 4 members (excludes halogenated alkanes) is 1. The number of hydrogen-bond donors (Lipinski definition) is 1. The number of carbonyl (C=O) groups is 1. The average molecular weight is 405 g/mol. The van der Waals surface area contributed by atoms with Gasteiger partial charge in [0.1, 0.15) is 11.3 Å². The second-order valence-electron chi connectivity index (χ2n) is 7.20. The third kappa shape index (κ3) is 3.91. The monoisotopic (exact) mass is 405 g/mol. The summed E-state index contributed by atoms with van der Waals surface area (Å²) in [4.78, 5) is 12.8. The van der Waals surface area contributed by atoms with Crippen molar-refractivity contribution in [2.45, 2.75) is 33.6 Å². The van der Waals surface area contributed by atoms with Crippen LogP contribution in [0.15, 0.2) is 51.5 Å². The Kier molecular flexibility index (Phi) is 5.52. The van der Waals surface area contributed by atoms with Gasteiger partial charge in [-0.05, 0) is 66.5 Å². The minimum atomic E-state index is -0.405. The van der Waals surface area contributed by atoms with Crippen molar-refractivity contribution in [2.24, 2.45) is 0 Å². The van der Waals surface area contributed by atoms with Crippen molar-refractivity contribution in [3.63, 3.8) is 0 Å². The van der Waals surface area contributed by atoms with Crippen molar-refractivity contribution < 1.29 is 18.6 Å². The second-order valence-corrected chi connectivity index (χ2v) is 7.20. The highest BCUT2D eigenvalue weighted by Crippen LogP contribution is 2.29. The molecule has 0 atom stereocenters. The Hall–Kier alpha value is -3.61. The number of aromatic nitrogens is 2. The van der Waals surface area contributed by atoms with Crippen LogP contribution in [0.5, 0.6) is 5.75 Å². The summed E-state index contributed by atoms with van der Waals surface area (Å²) in [6, 6.07) is 13.3. The summed E-state index contributed by atoms with van der Waals surface area (Å²) in [5.41, 5.74) is 3.71. The molecule has 2 aromatic heterocycles. The van der Waals surface area contributed by atoms with Gasteiger partial charge in [-0.2, -0.15) is 0 Å². The Morgan fingerprint density at radius 3 is 2.67 bits per heavy atom. The molecule has 0 fully saturated rings. The van der Waals surface area contributed by atoms with E-state index in [4.69, 9.17) is 13.8 Å². The van der Waals surface area contributed by atoms with Crippen molar-refractivity contribution in [3.05, 3.63) is 59.4 Å². The maximum atomic E-state index is 12.8. The molecular formula is C23H23N3O4. The number of benzene rings is 2. The van der Waals surface area contributed by atoms with Gasteiger partial charge in [0.05, 0.1) is 6.61 Å². The van der Waals surface area contributed by atoms with Crippen LogP contribution in [0.25, 0.3) is 22.2 Å². The van der Waals surface area contributed by atoms with E-state index < -0.39 is 5.91 Å². The molecule has 4 rings (SSSR count). The average Bonchev–Trinajstić information content (AvgIpc) is 3.33. The zero-order valence-electron chi connectivity index (χ0n) is 17.2. The lowest BCUT2D eigenvalue weighted by atomic mass is 10.1. The van der Waals surface area contributed by atoms with Crippen LogP contribution in [0.1, 0.15) is 41.4 Å². The van der Waals surface area contributed by atoms with E-state index in [2.05, 4.69) is 22.6 Å². The molecule has 1 amide bonds. The highest BCUT2D eigenvalue weighted by Gasteiger charge is 2.21. The van der Waals surface area contributed by atoms with Gasteiger partial charge in [0, 0.05) is 16.5 Å². The van der Waals surface area contributed by atoms with Crippen LogP contribution < -0.4 is 10.1 Å². The number of anilines is 1. The van der Waals surface area contributed by atoms with E-state index in [0.29, 0.717) is 17.9 Å². The fourth-order valence-electron chi connectivity index (χ4n) is 3.22. The van der Waals surface area contributed by atoms with Crippen LogP contribution in [0, 0.1) is 13.8 Å². The molecule has 7 nitrogen and oxygen atoms in total. The number of furan rings is 1. The lowest BCUT2D eigenvalue weighted by Crippen LogP contribution is -2.13.